The third-order valence-corrected chi connectivity index (χ3v) is 4.97. The first-order chi connectivity index (χ1) is 16.0. The Kier molecular flexibility index (Phi) is 8.36. The third kappa shape index (κ3) is 6.53. The first-order valence-corrected chi connectivity index (χ1v) is 10.6. The van der Waals surface area contributed by atoms with Gasteiger partial charge < -0.3 is 24.1 Å². The van der Waals surface area contributed by atoms with Gasteiger partial charge in [-0.2, -0.15) is 0 Å². The lowest BCUT2D eigenvalue weighted by Gasteiger charge is -2.17. The molecule has 0 saturated heterocycles. The summed E-state index contributed by atoms with van der Waals surface area (Å²) in [5, 5.41) is 9.54. The number of methoxy groups -OCH3 is 1. The number of carboxylic acid groups (broad SMARTS) is 1. The largest absolute Gasteiger partial charge is 0.503 e. The highest BCUT2D eigenvalue weighted by molar-refractivity contribution is 6.15. The van der Waals surface area contributed by atoms with Gasteiger partial charge in [0.25, 0.3) is 0 Å². The van der Waals surface area contributed by atoms with Crippen molar-refractivity contribution in [3.63, 3.8) is 0 Å². The van der Waals surface area contributed by atoms with Crippen LogP contribution >= 0.6 is 0 Å². The molecule has 0 amide bonds. The van der Waals surface area contributed by atoms with Crippen molar-refractivity contribution in [1.29, 1.82) is 0 Å². The number of aryl methyl sites for hydroxylation is 1. The van der Waals surface area contributed by atoms with Gasteiger partial charge in [0.1, 0.15) is 42.6 Å². The number of carbonyl (C=O) groups is 1. The molecular weight excluding hydrogens is 420 g/mol. The quantitative estimate of drug-likeness (QED) is 0.240. The monoisotopic (exact) mass is 448 g/mol. The minimum Gasteiger partial charge on any atom is -0.503 e. The van der Waals surface area contributed by atoms with Gasteiger partial charge in [0.15, 0.2) is 0 Å². The van der Waals surface area contributed by atoms with Gasteiger partial charge in [-0.1, -0.05) is 42.5 Å². The van der Waals surface area contributed by atoms with Gasteiger partial charge in [0, 0.05) is 5.56 Å². The molecule has 0 atom stereocenters. The molecule has 0 aromatic heterocycles. The summed E-state index contributed by atoms with van der Waals surface area (Å²) in [5.41, 5.74) is 3.21. The summed E-state index contributed by atoms with van der Waals surface area (Å²) in [6.07, 6.45) is 1.22. The van der Waals surface area contributed by atoms with Crippen molar-refractivity contribution in [2.24, 2.45) is 0 Å². The van der Waals surface area contributed by atoms with Gasteiger partial charge in [-0.15, -0.1) is 0 Å². The smallest absolute Gasteiger partial charge is 0.339 e. The number of hydrogen-bond donors (Lipinski definition) is 1. The van der Waals surface area contributed by atoms with Crippen molar-refractivity contribution in [2.45, 2.75) is 20.5 Å². The van der Waals surface area contributed by atoms with E-state index in [1.165, 1.54) is 13.4 Å². The number of hydrogen-bond acceptors (Lipinski definition) is 5. The number of ether oxygens (including phenoxy) is 4. The van der Waals surface area contributed by atoms with Gasteiger partial charge in [0.05, 0.1) is 13.4 Å². The fourth-order valence-electron chi connectivity index (χ4n) is 3.33. The van der Waals surface area contributed by atoms with Crippen LogP contribution in [-0.2, 0) is 16.1 Å². The SMILES string of the molecule is COC=C(C(=O)O)c1ccccc1COc1cc(C)cc(OCCOc2ccccc2)c1C. The Balaban J connectivity index is 1.69. The molecule has 0 spiro atoms. The lowest BCUT2D eigenvalue weighted by Crippen LogP contribution is -2.10. The van der Waals surface area contributed by atoms with E-state index in [-0.39, 0.29) is 12.2 Å². The van der Waals surface area contributed by atoms with Crippen LogP contribution in [0.1, 0.15) is 22.3 Å². The van der Waals surface area contributed by atoms with Crippen LogP contribution in [0.15, 0.2) is 73.0 Å². The van der Waals surface area contributed by atoms with Crippen molar-refractivity contribution >= 4 is 11.5 Å². The Hall–Kier alpha value is -3.93. The second-order valence-electron chi connectivity index (χ2n) is 7.41. The lowest BCUT2D eigenvalue weighted by molar-refractivity contribution is -0.130. The normalized spacial score (nSPS) is 11.1. The molecular formula is C27H28O6. The van der Waals surface area contributed by atoms with Crippen LogP contribution in [0.25, 0.3) is 5.57 Å². The Morgan fingerprint density at radius 1 is 0.879 bits per heavy atom. The number of benzene rings is 3. The minimum atomic E-state index is -1.07. The number of rotatable bonds is 11. The molecule has 3 rings (SSSR count). The van der Waals surface area contributed by atoms with Crippen LogP contribution in [0.3, 0.4) is 0 Å². The molecule has 0 heterocycles. The predicted octanol–water partition coefficient (Wildman–Crippen LogP) is 5.41. The van der Waals surface area contributed by atoms with Crippen molar-refractivity contribution < 1.29 is 28.8 Å². The van der Waals surface area contributed by atoms with Crippen LogP contribution in [0.4, 0.5) is 0 Å². The highest BCUT2D eigenvalue weighted by Crippen LogP contribution is 2.31. The summed E-state index contributed by atoms with van der Waals surface area (Å²) in [5.74, 6) is 1.13. The maximum Gasteiger partial charge on any atom is 0.339 e. The second kappa shape index (κ2) is 11.6. The van der Waals surface area contributed by atoms with E-state index in [2.05, 4.69) is 0 Å². The average Bonchev–Trinajstić information content (AvgIpc) is 2.82. The van der Waals surface area contributed by atoms with Crippen LogP contribution in [0, 0.1) is 13.8 Å². The molecule has 0 fully saturated rings. The topological polar surface area (TPSA) is 74.2 Å². The first kappa shape index (κ1) is 23.7. The Labute approximate surface area is 194 Å². The molecule has 0 bridgehead atoms. The molecule has 3 aromatic carbocycles. The van der Waals surface area contributed by atoms with Gasteiger partial charge in [-0.05, 0) is 54.8 Å². The standard InChI is InChI=1S/C27H28O6/c1-19-15-25(32-14-13-31-22-10-5-4-6-11-22)20(2)26(16-19)33-17-21-9-7-8-12-23(21)24(18-30-3)27(28)29/h4-12,15-16,18H,13-14,17H2,1-3H3,(H,28,29). The fourth-order valence-corrected chi connectivity index (χ4v) is 3.33. The maximum absolute atomic E-state index is 11.7. The fraction of sp³-hybridized carbons (Fsp3) is 0.222. The van der Waals surface area contributed by atoms with Gasteiger partial charge in [-0.25, -0.2) is 4.79 Å². The Morgan fingerprint density at radius 2 is 1.52 bits per heavy atom. The zero-order chi connectivity index (χ0) is 23.6. The zero-order valence-electron chi connectivity index (χ0n) is 19.0. The predicted molar refractivity (Wildman–Crippen MR) is 127 cm³/mol. The minimum absolute atomic E-state index is 0.0695. The molecule has 0 saturated carbocycles. The molecule has 3 aromatic rings. The van der Waals surface area contributed by atoms with Crippen molar-refractivity contribution in [3.05, 3.63) is 95.2 Å². The van der Waals surface area contributed by atoms with E-state index in [1.807, 2.05) is 68.4 Å². The van der Waals surface area contributed by atoms with E-state index >= 15 is 0 Å². The van der Waals surface area contributed by atoms with Crippen LogP contribution in [-0.4, -0.2) is 31.4 Å². The average molecular weight is 449 g/mol. The van der Waals surface area contributed by atoms with E-state index < -0.39 is 5.97 Å². The molecule has 172 valence electrons. The highest BCUT2D eigenvalue weighted by Gasteiger charge is 2.16. The summed E-state index contributed by atoms with van der Waals surface area (Å²) in [7, 11) is 1.42. The summed E-state index contributed by atoms with van der Waals surface area (Å²) in [6, 6.07) is 20.7. The summed E-state index contributed by atoms with van der Waals surface area (Å²) >= 11 is 0. The summed E-state index contributed by atoms with van der Waals surface area (Å²) < 4.78 is 22.7. The van der Waals surface area contributed by atoms with Crippen LogP contribution in [0.5, 0.6) is 17.2 Å². The molecule has 0 radical (unpaired) electrons. The molecule has 0 aliphatic heterocycles. The maximum atomic E-state index is 11.7. The van der Waals surface area contributed by atoms with E-state index in [0.29, 0.717) is 24.5 Å². The molecule has 0 aliphatic rings. The number of carboxylic acids is 1. The third-order valence-electron chi connectivity index (χ3n) is 4.97. The highest BCUT2D eigenvalue weighted by atomic mass is 16.5. The number of aliphatic carboxylic acids is 1. The van der Waals surface area contributed by atoms with Crippen molar-refractivity contribution in [2.75, 3.05) is 20.3 Å². The van der Waals surface area contributed by atoms with E-state index in [4.69, 9.17) is 18.9 Å². The van der Waals surface area contributed by atoms with Crippen LogP contribution < -0.4 is 14.2 Å². The van der Waals surface area contributed by atoms with Gasteiger partial charge in [0.2, 0.25) is 0 Å². The second-order valence-corrected chi connectivity index (χ2v) is 7.41. The van der Waals surface area contributed by atoms with E-state index in [9.17, 15) is 9.90 Å². The first-order valence-electron chi connectivity index (χ1n) is 10.6. The van der Waals surface area contributed by atoms with Crippen LogP contribution in [0.2, 0.25) is 0 Å². The molecule has 6 nitrogen and oxygen atoms in total. The summed E-state index contributed by atoms with van der Waals surface area (Å²) in [4.78, 5) is 11.7. The molecule has 0 unspecified atom stereocenters. The van der Waals surface area contributed by atoms with E-state index in [0.717, 1.165) is 28.2 Å². The van der Waals surface area contributed by atoms with Gasteiger partial charge in [-0.3, -0.25) is 0 Å². The molecule has 1 N–H and O–H groups in total. The molecule has 6 heteroatoms. The van der Waals surface area contributed by atoms with Crippen molar-refractivity contribution in [1.82, 2.24) is 0 Å². The van der Waals surface area contributed by atoms with Crippen molar-refractivity contribution in [3.8, 4) is 17.2 Å². The summed E-state index contributed by atoms with van der Waals surface area (Å²) in [6.45, 7) is 4.92. The lowest BCUT2D eigenvalue weighted by atomic mass is 10.0. The number of para-hydroxylation sites is 1. The van der Waals surface area contributed by atoms with Gasteiger partial charge >= 0.3 is 5.97 Å². The zero-order valence-corrected chi connectivity index (χ0v) is 19.0. The molecule has 0 aliphatic carbocycles. The Morgan fingerprint density at radius 3 is 2.21 bits per heavy atom. The van der Waals surface area contributed by atoms with E-state index in [1.54, 1.807) is 12.1 Å². The Bertz CT molecular complexity index is 1100. The molecule has 33 heavy (non-hydrogen) atoms.